The van der Waals surface area contributed by atoms with Crippen molar-refractivity contribution in [3.8, 4) is 0 Å². The van der Waals surface area contributed by atoms with Crippen LogP contribution in [-0.2, 0) is 4.74 Å². The van der Waals surface area contributed by atoms with Crippen LogP contribution in [0.4, 0.5) is 0 Å². The van der Waals surface area contributed by atoms with Crippen LogP contribution in [0.2, 0.25) is 0 Å². The van der Waals surface area contributed by atoms with E-state index in [4.69, 9.17) is 4.74 Å². The molecule has 158 valence electrons. The predicted molar refractivity (Wildman–Crippen MR) is 122 cm³/mol. The Morgan fingerprint density at radius 2 is 1.26 bits per heavy atom. The van der Waals surface area contributed by atoms with Gasteiger partial charge >= 0.3 is 5.97 Å². The molecule has 3 aromatic rings. The number of ketones is 1. The van der Waals surface area contributed by atoms with Gasteiger partial charge in [-0.2, -0.15) is 0 Å². The molecule has 1 saturated carbocycles. The van der Waals surface area contributed by atoms with Gasteiger partial charge in [0.2, 0.25) is 0 Å². The van der Waals surface area contributed by atoms with E-state index in [2.05, 4.69) is 38.1 Å². The van der Waals surface area contributed by atoms with E-state index in [1.165, 1.54) is 11.1 Å². The monoisotopic (exact) mass is 412 g/mol. The Balaban J connectivity index is 1.52. The average molecular weight is 413 g/mol. The number of esters is 1. The zero-order chi connectivity index (χ0) is 21.8. The first-order valence-electron chi connectivity index (χ1n) is 11.0. The third-order valence-electron chi connectivity index (χ3n) is 6.29. The van der Waals surface area contributed by atoms with Gasteiger partial charge in [0.25, 0.3) is 0 Å². The summed E-state index contributed by atoms with van der Waals surface area (Å²) in [4.78, 5) is 25.7. The zero-order valence-electron chi connectivity index (χ0n) is 18.0. The second kappa shape index (κ2) is 9.30. The van der Waals surface area contributed by atoms with E-state index in [1.807, 2.05) is 36.4 Å². The van der Waals surface area contributed by atoms with Crippen LogP contribution >= 0.6 is 0 Å². The summed E-state index contributed by atoms with van der Waals surface area (Å²) < 4.78 is 5.37. The van der Waals surface area contributed by atoms with Gasteiger partial charge in [-0.05, 0) is 29.2 Å². The minimum atomic E-state index is -0.338. The molecule has 1 fully saturated rings. The Morgan fingerprint density at radius 3 is 1.74 bits per heavy atom. The molecule has 3 heteroatoms. The molecule has 3 atom stereocenters. The molecule has 3 nitrogen and oxygen atoms in total. The average Bonchev–Trinajstić information content (AvgIpc) is 3.59. The lowest BCUT2D eigenvalue weighted by atomic mass is 10.0. The van der Waals surface area contributed by atoms with Crippen LogP contribution in [0.3, 0.4) is 0 Å². The fraction of sp³-hybridized carbons (Fsp3) is 0.286. The van der Waals surface area contributed by atoms with Crippen molar-refractivity contribution in [1.29, 1.82) is 0 Å². The normalized spacial score (nSPS) is 20.6. The maximum Gasteiger partial charge on any atom is 0.338 e. The Morgan fingerprint density at radius 1 is 0.774 bits per heavy atom. The van der Waals surface area contributed by atoms with Crippen molar-refractivity contribution in [3.63, 3.8) is 0 Å². The Labute approximate surface area is 184 Å². The number of hydrogen-bond donors (Lipinski definition) is 0. The first-order chi connectivity index (χ1) is 15.1. The topological polar surface area (TPSA) is 43.4 Å². The van der Waals surface area contributed by atoms with Crippen molar-refractivity contribution >= 4 is 11.8 Å². The SMILES string of the molecule is CC[C@H](C)COC(=O)c1ccc(C(=O)C2[C@@H](c3ccccc3)[C@@H]2c2ccccc2)cc1. The molecule has 0 heterocycles. The Hall–Kier alpha value is -3.20. The van der Waals surface area contributed by atoms with Crippen molar-refractivity contribution in [2.24, 2.45) is 11.8 Å². The van der Waals surface area contributed by atoms with Gasteiger partial charge in [0.05, 0.1) is 12.2 Å². The van der Waals surface area contributed by atoms with Gasteiger partial charge < -0.3 is 4.74 Å². The Kier molecular flexibility index (Phi) is 6.31. The molecule has 0 amide bonds. The van der Waals surface area contributed by atoms with E-state index in [0.717, 1.165) is 6.42 Å². The van der Waals surface area contributed by atoms with E-state index in [0.29, 0.717) is 23.7 Å². The Bertz CT molecular complexity index is 979. The number of benzene rings is 3. The fourth-order valence-electron chi connectivity index (χ4n) is 4.20. The van der Waals surface area contributed by atoms with Crippen LogP contribution in [0.5, 0.6) is 0 Å². The summed E-state index contributed by atoms with van der Waals surface area (Å²) in [6, 6.07) is 27.4. The van der Waals surface area contributed by atoms with Crippen molar-refractivity contribution < 1.29 is 14.3 Å². The molecule has 3 aromatic carbocycles. The number of hydrogen-bond acceptors (Lipinski definition) is 3. The van der Waals surface area contributed by atoms with Crippen LogP contribution in [0.1, 0.15) is 63.9 Å². The lowest BCUT2D eigenvalue weighted by Crippen LogP contribution is -2.12. The molecule has 1 aliphatic rings. The third kappa shape index (κ3) is 4.61. The van der Waals surface area contributed by atoms with Gasteiger partial charge in [0.1, 0.15) is 0 Å². The summed E-state index contributed by atoms with van der Waals surface area (Å²) in [5.41, 5.74) is 3.51. The molecule has 4 rings (SSSR count). The standard InChI is InChI=1S/C28H28O3/c1-3-19(2)18-31-28(30)23-16-14-22(15-17-23)27(29)26-24(20-10-6-4-7-11-20)25(26)21-12-8-5-9-13-21/h4-17,19,24-26H,3,18H2,1-2H3/t19-,24-,25-/m0/s1. The van der Waals surface area contributed by atoms with Gasteiger partial charge in [-0.3, -0.25) is 4.79 Å². The summed E-state index contributed by atoms with van der Waals surface area (Å²) in [7, 11) is 0. The first kappa shape index (κ1) is 21.0. The number of Topliss-reactive ketones (excluding diaryl/α,β-unsaturated/α-hetero) is 1. The molecule has 1 aliphatic carbocycles. The molecular weight excluding hydrogens is 384 g/mol. The smallest absolute Gasteiger partial charge is 0.338 e. The quantitative estimate of drug-likeness (QED) is 0.323. The summed E-state index contributed by atoms with van der Waals surface area (Å²) >= 11 is 0. The van der Waals surface area contributed by atoms with E-state index >= 15 is 0 Å². The van der Waals surface area contributed by atoms with Crippen molar-refractivity contribution in [1.82, 2.24) is 0 Å². The molecule has 0 aliphatic heterocycles. The first-order valence-corrected chi connectivity index (χ1v) is 11.0. The molecule has 0 unspecified atom stereocenters. The van der Waals surface area contributed by atoms with Crippen LogP contribution in [-0.4, -0.2) is 18.4 Å². The highest BCUT2D eigenvalue weighted by Crippen LogP contribution is 2.61. The summed E-state index contributed by atoms with van der Waals surface area (Å²) in [6.45, 7) is 4.54. The van der Waals surface area contributed by atoms with Crippen LogP contribution in [0.25, 0.3) is 0 Å². The maximum atomic E-state index is 13.4. The van der Waals surface area contributed by atoms with E-state index in [1.54, 1.807) is 24.3 Å². The lowest BCUT2D eigenvalue weighted by molar-refractivity contribution is 0.0447. The fourth-order valence-corrected chi connectivity index (χ4v) is 4.20. The van der Waals surface area contributed by atoms with Crippen LogP contribution in [0.15, 0.2) is 84.9 Å². The van der Waals surface area contributed by atoms with Crippen molar-refractivity contribution in [2.45, 2.75) is 32.1 Å². The third-order valence-corrected chi connectivity index (χ3v) is 6.29. The molecule has 0 N–H and O–H groups in total. The largest absolute Gasteiger partial charge is 0.462 e. The molecule has 0 aromatic heterocycles. The number of carbonyl (C=O) groups is 2. The predicted octanol–water partition coefficient (Wildman–Crippen LogP) is 6.27. The van der Waals surface area contributed by atoms with Gasteiger partial charge in [-0.1, -0.05) is 93.1 Å². The summed E-state index contributed by atoms with van der Waals surface area (Å²) in [5, 5.41) is 0. The van der Waals surface area contributed by atoms with E-state index in [-0.39, 0.29) is 29.5 Å². The number of ether oxygens (including phenoxy) is 1. The minimum Gasteiger partial charge on any atom is -0.462 e. The molecule has 0 radical (unpaired) electrons. The lowest BCUT2D eigenvalue weighted by Gasteiger charge is -2.09. The van der Waals surface area contributed by atoms with Gasteiger partial charge in [-0.15, -0.1) is 0 Å². The van der Waals surface area contributed by atoms with Crippen molar-refractivity contribution in [3.05, 3.63) is 107 Å². The molecule has 0 spiro atoms. The maximum absolute atomic E-state index is 13.4. The van der Waals surface area contributed by atoms with Gasteiger partial charge in [0, 0.05) is 23.3 Å². The van der Waals surface area contributed by atoms with Crippen LogP contribution in [0, 0.1) is 11.8 Å². The summed E-state index contributed by atoms with van der Waals surface area (Å²) in [5.74, 6) is 0.391. The second-order valence-corrected chi connectivity index (χ2v) is 8.45. The highest BCUT2D eigenvalue weighted by Gasteiger charge is 2.55. The molecule has 0 bridgehead atoms. The summed E-state index contributed by atoms with van der Waals surface area (Å²) in [6.07, 6.45) is 0.966. The molecule has 31 heavy (non-hydrogen) atoms. The highest BCUT2D eigenvalue weighted by molar-refractivity contribution is 6.02. The zero-order valence-corrected chi connectivity index (χ0v) is 18.0. The number of carbonyl (C=O) groups excluding carboxylic acids is 2. The minimum absolute atomic E-state index is 0.0898. The number of rotatable bonds is 8. The second-order valence-electron chi connectivity index (χ2n) is 8.45. The van der Waals surface area contributed by atoms with E-state index < -0.39 is 0 Å². The van der Waals surface area contributed by atoms with E-state index in [9.17, 15) is 9.59 Å². The molecule has 0 saturated heterocycles. The van der Waals surface area contributed by atoms with Crippen molar-refractivity contribution in [2.75, 3.05) is 6.61 Å². The molecular formula is C28H28O3. The van der Waals surface area contributed by atoms with Gasteiger partial charge in [-0.25, -0.2) is 4.79 Å². The van der Waals surface area contributed by atoms with Crippen LogP contribution < -0.4 is 0 Å². The van der Waals surface area contributed by atoms with Gasteiger partial charge in [0.15, 0.2) is 5.78 Å². The highest BCUT2D eigenvalue weighted by atomic mass is 16.5.